The Morgan fingerprint density at radius 1 is 1.53 bits per heavy atom. The molecule has 0 saturated carbocycles. The van der Waals surface area contributed by atoms with Crippen molar-refractivity contribution in [2.75, 3.05) is 24.6 Å². The topological polar surface area (TPSA) is 36.3 Å². The van der Waals surface area contributed by atoms with Gasteiger partial charge in [0.1, 0.15) is 0 Å². The molecule has 3 nitrogen and oxygen atoms in total. The first-order chi connectivity index (χ1) is 7.29. The predicted molar refractivity (Wildman–Crippen MR) is 58.8 cm³/mol. The van der Waals surface area contributed by atoms with Gasteiger partial charge in [0, 0.05) is 18.8 Å². The highest BCUT2D eigenvalue weighted by Crippen LogP contribution is 2.18. The second-order valence-electron chi connectivity index (χ2n) is 3.79. The molecule has 0 aliphatic carbocycles. The number of hydrogen-bond donors (Lipinski definition) is 0. The number of morpholine rings is 1. The highest BCUT2D eigenvalue weighted by Gasteiger charge is 2.16. The Morgan fingerprint density at radius 3 is 3.13 bits per heavy atom. The summed E-state index contributed by atoms with van der Waals surface area (Å²) in [5, 5.41) is 8.82. The molecule has 1 aliphatic heterocycles. The maximum Gasteiger partial charge on any atom is 0.0992 e. The summed E-state index contributed by atoms with van der Waals surface area (Å²) in [6.45, 7) is 4.63. The average molecular weight is 202 g/mol. The van der Waals surface area contributed by atoms with Gasteiger partial charge in [-0.2, -0.15) is 5.26 Å². The third-order valence-corrected chi connectivity index (χ3v) is 2.58. The second kappa shape index (κ2) is 4.33. The van der Waals surface area contributed by atoms with Gasteiger partial charge in [-0.1, -0.05) is 6.07 Å². The Hall–Kier alpha value is -1.53. The third-order valence-electron chi connectivity index (χ3n) is 2.58. The molecule has 1 heterocycles. The fraction of sp³-hybridized carbons (Fsp3) is 0.417. The summed E-state index contributed by atoms with van der Waals surface area (Å²) >= 11 is 0. The minimum atomic E-state index is 0.268. The van der Waals surface area contributed by atoms with Gasteiger partial charge in [-0.05, 0) is 25.1 Å². The number of hydrogen-bond acceptors (Lipinski definition) is 3. The quantitative estimate of drug-likeness (QED) is 0.696. The van der Waals surface area contributed by atoms with Crippen molar-refractivity contribution in [2.24, 2.45) is 0 Å². The second-order valence-corrected chi connectivity index (χ2v) is 3.79. The van der Waals surface area contributed by atoms with Crippen molar-refractivity contribution < 1.29 is 4.74 Å². The molecule has 0 bridgehead atoms. The molecule has 0 N–H and O–H groups in total. The highest BCUT2D eigenvalue weighted by molar-refractivity contribution is 5.51. The van der Waals surface area contributed by atoms with Gasteiger partial charge in [0.25, 0.3) is 0 Å². The van der Waals surface area contributed by atoms with Crippen molar-refractivity contribution in [2.45, 2.75) is 13.0 Å². The van der Waals surface area contributed by atoms with Crippen molar-refractivity contribution in [1.82, 2.24) is 0 Å². The van der Waals surface area contributed by atoms with E-state index in [2.05, 4.69) is 17.9 Å². The van der Waals surface area contributed by atoms with Crippen LogP contribution in [-0.4, -0.2) is 25.8 Å². The number of ether oxygens (including phenoxy) is 1. The molecule has 1 aromatic rings. The summed E-state index contributed by atoms with van der Waals surface area (Å²) in [5.74, 6) is 0. The van der Waals surface area contributed by atoms with Crippen LogP contribution in [0, 0.1) is 11.3 Å². The molecule has 0 aromatic heterocycles. The molecule has 78 valence electrons. The van der Waals surface area contributed by atoms with Crippen LogP contribution in [0.15, 0.2) is 24.3 Å². The van der Waals surface area contributed by atoms with Gasteiger partial charge in [-0.25, -0.2) is 0 Å². The van der Waals surface area contributed by atoms with Gasteiger partial charge in [-0.3, -0.25) is 0 Å². The number of nitriles is 1. The van der Waals surface area contributed by atoms with Crippen LogP contribution in [0.2, 0.25) is 0 Å². The average Bonchev–Trinajstić information content (AvgIpc) is 2.29. The van der Waals surface area contributed by atoms with E-state index in [0.29, 0.717) is 5.56 Å². The van der Waals surface area contributed by atoms with E-state index in [9.17, 15) is 0 Å². The fourth-order valence-electron chi connectivity index (χ4n) is 1.83. The van der Waals surface area contributed by atoms with E-state index in [1.807, 2.05) is 24.3 Å². The lowest BCUT2D eigenvalue weighted by molar-refractivity contribution is 0.0532. The van der Waals surface area contributed by atoms with Crippen LogP contribution in [-0.2, 0) is 4.74 Å². The molecular formula is C12H14N2O. The zero-order valence-corrected chi connectivity index (χ0v) is 8.81. The van der Waals surface area contributed by atoms with E-state index in [1.165, 1.54) is 0 Å². The Morgan fingerprint density at radius 2 is 2.40 bits per heavy atom. The number of anilines is 1. The summed E-state index contributed by atoms with van der Waals surface area (Å²) in [7, 11) is 0. The number of rotatable bonds is 1. The van der Waals surface area contributed by atoms with Gasteiger partial charge in [0.05, 0.1) is 24.3 Å². The molecule has 0 radical (unpaired) electrons. The standard InChI is InChI=1S/C12H14N2O/c1-10-9-14(5-6-15-10)12-4-2-3-11(7-12)8-13/h2-4,7,10H,5-6,9H2,1H3. The molecule has 0 spiro atoms. The molecule has 1 aliphatic rings. The van der Waals surface area contributed by atoms with Gasteiger partial charge in [0.15, 0.2) is 0 Å². The van der Waals surface area contributed by atoms with Crippen LogP contribution in [0.5, 0.6) is 0 Å². The van der Waals surface area contributed by atoms with Crippen LogP contribution in [0.4, 0.5) is 5.69 Å². The first-order valence-electron chi connectivity index (χ1n) is 5.16. The summed E-state index contributed by atoms with van der Waals surface area (Å²) < 4.78 is 5.48. The molecule has 3 heteroatoms. The smallest absolute Gasteiger partial charge is 0.0992 e. The minimum absolute atomic E-state index is 0.268. The normalized spacial score (nSPS) is 21.1. The summed E-state index contributed by atoms with van der Waals surface area (Å²) in [6.07, 6.45) is 0.268. The SMILES string of the molecule is CC1CN(c2cccc(C#N)c2)CCO1. The predicted octanol–water partition coefficient (Wildman–Crippen LogP) is 1.78. The van der Waals surface area contributed by atoms with E-state index in [0.717, 1.165) is 25.4 Å². The molecular weight excluding hydrogens is 188 g/mol. The van der Waals surface area contributed by atoms with Crippen LogP contribution < -0.4 is 4.90 Å². The zero-order chi connectivity index (χ0) is 10.7. The largest absolute Gasteiger partial charge is 0.375 e. The third kappa shape index (κ3) is 2.28. The fourth-order valence-corrected chi connectivity index (χ4v) is 1.83. The highest BCUT2D eigenvalue weighted by atomic mass is 16.5. The Balaban J connectivity index is 2.18. The van der Waals surface area contributed by atoms with Crippen LogP contribution in [0.25, 0.3) is 0 Å². The van der Waals surface area contributed by atoms with Crippen molar-refractivity contribution in [3.8, 4) is 6.07 Å². The summed E-state index contributed by atoms with van der Waals surface area (Å²) in [5.41, 5.74) is 1.83. The van der Waals surface area contributed by atoms with E-state index in [1.54, 1.807) is 0 Å². The van der Waals surface area contributed by atoms with Crippen molar-refractivity contribution in [3.63, 3.8) is 0 Å². The molecule has 2 rings (SSSR count). The lowest BCUT2D eigenvalue weighted by Gasteiger charge is -2.32. The Bertz CT molecular complexity index is 383. The van der Waals surface area contributed by atoms with Gasteiger partial charge < -0.3 is 9.64 Å². The molecule has 0 amide bonds. The molecule has 1 saturated heterocycles. The monoisotopic (exact) mass is 202 g/mol. The molecule has 1 aromatic carbocycles. The lowest BCUT2D eigenvalue weighted by atomic mass is 10.2. The Labute approximate surface area is 89.9 Å². The maximum absolute atomic E-state index is 8.82. The molecule has 1 fully saturated rings. The van der Waals surface area contributed by atoms with E-state index < -0.39 is 0 Å². The van der Waals surface area contributed by atoms with Crippen LogP contribution in [0.3, 0.4) is 0 Å². The first kappa shape index (κ1) is 10.0. The minimum Gasteiger partial charge on any atom is -0.375 e. The molecule has 1 unspecified atom stereocenters. The van der Waals surface area contributed by atoms with Crippen molar-refractivity contribution in [1.29, 1.82) is 5.26 Å². The van der Waals surface area contributed by atoms with Crippen molar-refractivity contribution >= 4 is 5.69 Å². The van der Waals surface area contributed by atoms with E-state index >= 15 is 0 Å². The summed E-state index contributed by atoms with van der Waals surface area (Å²) in [6, 6.07) is 9.88. The zero-order valence-electron chi connectivity index (χ0n) is 8.81. The van der Waals surface area contributed by atoms with Gasteiger partial charge >= 0.3 is 0 Å². The summed E-state index contributed by atoms with van der Waals surface area (Å²) in [4.78, 5) is 2.26. The lowest BCUT2D eigenvalue weighted by Crippen LogP contribution is -2.41. The maximum atomic E-state index is 8.82. The van der Waals surface area contributed by atoms with E-state index in [4.69, 9.17) is 10.00 Å². The molecule has 15 heavy (non-hydrogen) atoms. The van der Waals surface area contributed by atoms with Gasteiger partial charge in [0.2, 0.25) is 0 Å². The van der Waals surface area contributed by atoms with Gasteiger partial charge in [-0.15, -0.1) is 0 Å². The number of nitrogens with zero attached hydrogens (tertiary/aromatic N) is 2. The van der Waals surface area contributed by atoms with Crippen LogP contribution >= 0.6 is 0 Å². The number of benzene rings is 1. The van der Waals surface area contributed by atoms with Crippen LogP contribution in [0.1, 0.15) is 12.5 Å². The van der Waals surface area contributed by atoms with E-state index in [-0.39, 0.29) is 6.10 Å². The van der Waals surface area contributed by atoms with Crippen molar-refractivity contribution in [3.05, 3.63) is 29.8 Å². The Kier molecular flexibility index (Phi) is 2.89. The first-order valence-corrected chi connectivity index (χ1v) is 5.16. The molecule has 1 atom stereocenters.